The fourth-order valence-corrected chi connectivity index (χ4v) is 4.63. The summed E-state index contributed by atoms with van der Waals surface area (Å²) in [6, 6.07) is 17.8. The van der Waals surface area contributed by atoms with Gasteiger partial charge in [0.1, 0.15) is 11.6 Å². The maximum atomic E-state index is 13.6. The maximum absolute atomic E-state index is 13.6. The van der Waals surface area contributed by atoms with Crippen molar-refractivity contribution >= 4 is 39.9 Å². The van der Waals surface area contributed by atoms with Gasteiger partial charge in [0.15, 0.2) is 0 Å². The van der Waals surface area contributed by atoms with E-state index < -0.39 is 16.6 Å². The number of fused-ring (bicyclic) bond motifs is 1. The summed E-state index contributed by atoms with van der Waals surface area (Å²) in [5.74, 6) is -1.22. The molecule has 1 N–H and O–H groups in total. The summed E-state index contributed by atoms with van der Waals surface area (Å²) in [5.41, 5.74) is 2.23. The lowest BCUT2D eigenvalue weighted by molar-refractivity contribution is -0.116. The zero-order chi connectivity index (χ0) is 22.0. The first-order valence-corrected chi connectivity index (χ1v) is 11.2. The summed E-state index contributed by atoms with van der Waals surface area (Å²) >= 11 is 5.88. The number of nitrogens with zero attached hydrogens (tertiary/aromatic N) is 1. The summed E-state index contributed by atoms with van der Waals surface area (Å²) in [5, 5.41) is 3.44. The second kappa shape index (κ2) is 8.99. The minimum atomic E-state index is -1.50. The Morgan fingerprint density at radius 3 is 2.58 bits per heavy atom. The zero-order valence-corrected chi connectivity index (χ0v) is 17.9. The van der Waals surface area contributed by atoms with E-state index in [4.69, 9.17) is 11.6 Å². The van der Waals surface area contributed by atoms with Crippen LogP contribution in [0.4, 0.5) is 10.1 Å². The molecule has 31 heavy (non-hydrogen) atoms. The standard InChI is InChI=1S/C23H18ClFN2O3S/c24-18-7-4-15(5-8-18)12-26-23(29)17-6-9-21-20(11-17)27(22(28)14-31(21)30)13-16-2-1-3-19(25)10-16/h1-11H,12-14H2,(H,26,29)/t31-/m1/s1. The normalized spacial score (nSPS) is 15.5. The first-order valence-electron chi connectivity index (χ1n) is 9.50. The van der Waals surface area contributed by atoms with Gasteiger partial charge in [0.25, 0.3) is 5.91 Å². The van der Waals surface area contributed by atoms with Gasteiger partial charge < -0.3 is 10.2 Å². The van der Waals surface area contributed by atoms with E-state index in [9.17, 15) is 18.2 Å². The van der Waals surface area contributed by atoms with Gasteiger partial charge in [0.05, 0.1) is 27.9 Å². The number of carbonyl (C=O) groups is 2. The Hall–Kier alpha value is -3.03. The fourth-order valence-electron chi connectivity index (χ4n) is 3.34. The van der Waals surface area contributed by atoms with Crippen molar-refractivity contribution in [3.63, 3.8) is 0 Å². The number of halogens is 2. The van der Waals surface area contributed by atoms with Gasteiger partial charge in [-0.3, -0.25) is 13.8 Å². The lowest BCUT2D eigenvalue weighted by atomic mass is 10.1. The van der Waals surface area contributed by atoms with Crippen molar-refractivity contribution in [2.45, 2.75) is 18.0 Å². The summed E-state index contributed by atoms with van der Waals surface area (Å²) in [6.45, 7) is 0.432. The van der Waals surface area contributed by atoms with Gasteiger partial charge in [-0.1, -0.05) is 35.9 Å². The van der Waals surface area contributed by atoms with Crippen LogP contribution in [-0.2, 0) is 28.7 Å². The SMILES string of the molecule is O=C(NCc1ccc(Cl)cc1)c1ccc2c(c1)N(Cc1cccc(F)c1)C(=O)C[S@]2=O. The predicted octanol–water partition coefficient (Wildman–Crippen LogP) is 4.06. The molecule has 0 spiro atoms. The summed E-state index contributed by atoms with van der Waals surface area (Å²) < 4.78 is 26.0. The Morgan fingerprint density at radius 1 is 1.06 bits per heavy atom. The van der Waals surface area contributed by atoms with Crippen molar-refractivity contribution in [3.05, 3.63) is 94.3 Å². The lowest BCUT2D eigenvalue weighted by Gasteiger charge is -2.29. The molecule has 1 aliphatic heterocycles. The van der Waals surface area contributed by atoms with Crippen LogP contribution >= 0.6 is 11.6 Å². The van der Waals surface area contributed by atoms with Crippen molar-refractivity contribution in [3.8, 4) is 0 Å². The Morgan fingerprint density at radius 2 is 1.84 bits per heavy atom. The monoisotopic (exact) mass is 456 g/mol. The molecule has 0 saturated heterocycles. The molecule has 0 aromatic heterocycles. The summed E-state index contributed by atoms with van der Waals surface area (Å²) in [4.78, 5) is 27.2. The van der Waals surface area contributed by atoms with E-state index in [-0.39, 0.29) is 24.1 Å². The van der Waals surface area contributed by atoms with E-state index in [0.717, 1.165) is 5.56 Å². The summed E-state index contributed by atoms with van der Waals surface area (Å²) in [7, 11) is -1.50. The van der Waals surface area contributed by atoms with Gasteiger partial charge in [-0.05, 0) is 53.6 Å². The molecule has 158 valence electrons. The first-order chi connectivity index (χ1) is 14.9. The Bertz CT molecular complexity index is 1180. The van der Waals surface area contributed by atoms with E-state index in [1.54, 1.807) is 42.5 Å². The van der Waals surface area contributed by atoms with Gasteiger partial charge in [-0.15, -0.1) is 0 Å². The molecule has 3 aromatic carbocycles. The second-order valence-electron chi connectivity index (χ2n) is 7.09. The Kier molecular flexibility index (Phi) is 6.15. The molecular weight excluding hydrogens is 439 g/mol. The largest absolute Gasteiger partial charge is 0.348 e. The van der Waals surface area contributed by atoms with Crippen LogP contribution in [0.5, 0.6) is 0 Å². The molecule has 0 unspecified atom stereocenters. The third kappa shape index (κ3) is 4.84. The molecule has 2 amide bonds. The number of carbonyl (C=O) groups excluding carboxylic acids is 2. The number of amides is 2. The molecule has 3 aromatic rings. The van der Waals surface area contributed by atoms with E-state index in [0.29, 0.717) is 33.3 Å². The molecule has 0 fully saturated rings. The number of nitrogens with one attached hydrogen (secondary N) is 1. The van der Waals surface area contributed by atoms with Crippen LogP contribution in [0.1, 0.15) is 21.5 Å². The highest BCUT2D eigenvalue weighted by Gasteiger charge is 2.30. The number of anilines is 1. The molecule has 4 rings (SSSR count). The molecular formula is C23H18ClFN2O3S. The van der Waals surface area contributed by atoms with Crippen LogP contribution in [0.3, 0.4) is 0 Å². The zero-order valence-electron chi connectivity index (χ0n) is 16.3. The predicted molar refractivity (Wildman–Crippen MR) is 118 cm³/mol. The highest BCUT2D eigenvalue weighted by atomic mass is 35.5. The van der Waals surface area contributed by atoms with Crippen molar-refractivity contribution in [1.82, 2.24) is 5.32 Å². The molecule has 8 heteroatoms. The van der Waals surface area contributed by atoms with Gasteiger partial charge in [0, 0.05) is 17.1 Å². The topological polar surface area (TPSA) is 66.5 Å². The first kappa shape index (κ1) is 21.2. The van der Waals surface area contributed by atoms with Crippen molar-refractivity contribution in [2.24, 2.45) is 0 Å². The molecule has 0 saturated carbocycles. The number of benzene rings is 3. The maximum Gasteiger partial charge on any atom is 0.251 e. The Labute approximate surface area is 186 Å². The van der Waals surface area contributed by atoms with Crippen molar-refractivity contribution in [1.29, 1.82) is 0 Å². The highest BCUT2D eigenvalue weighted by molar-refractivity contribution is 7.86. The van der Waals surface area contributed by atoms with Gasteiger partial charge in [-0.2, -0.15) is 0 Å². The van der Waals surface area contributed by atoms with E-state index in [1.807, 2.05) is 12.1 Å². The Balaban J connectivity index is 1.58. The van der Waals surface area contributed by atoms with Crippen LogP contribution in [0.2, 0.25) is 5.02 Å². The summed E-state index contributed by atoms with van der Waals surface area (Å²) in [6.07, 6.45) is 0. The van der Waals surface area contributed by atoms with Crippen molar-refractivity contribution in [2.75, 3.05) is 10.7 Å². The average Bonchev–Trinajstić information content (AvgIpc) is 2.75. The average molecular weight is 457 g/mol. The number of hydrogen-bond acceptors (Lipinski definition) is 3. The smallest absolute Gasteiger partial charge is 0.251 e. The lowest BCUT2D eigenvalue weighted by Crippen LogP contribution is -2.38. The minimum Gasteiger partial charge on any atom is -0.348 e. The van der Waals surface area contributed by atoms with E-state index >= 15 is 0 Å². The fraction of sp³-hybridized carbons (Fsp3) is 0.130. The molecule has 0 aliphatic carbocycles. The van der Waals surface area contributed by atoms with Crippen LogP contribution < -0.4 is 10.2 Å². The highest BCUT2D eigenvalue weighted by Crippen LogP contribution is 2.31. The molecule has 5 nitrogen and oxygen atoms in total. The van der Waals surface area contributed by atoms with Crippen LogP contribution in [0, 0.1) is 5.82 Å². The quantitative estimate of drug-likeness (QED) is 0.629. The molecule has 1 heterocycles. The third-order valence-electron chi connectivity index (χ3n) is 4.91. The van der Waals surface area contributed by atoms with Crippen molar-refractivity contribution < 1.29 is 18.2 Å². The third-order valence-corrected chi connectivity index (χ3v) is 6.51. The van der Waals surface area contributed by atoms with E-state index in [2.05, 4.69) is 5.32 Å². The molecule has 0 bridgehead atoms. The number of rotatable bonds is 5. The molecule has 1 atom stereocenters. The van der Waals surface area contributed by atoms with Crippen LogP contribution in [0.25, 0.3) is 0 Å². The van der Waals surface area contributed by atoms with E-state index in [1.165, 1.54) is 17.0 Å². The van der Waals surface area contributed by atoms with Gasteiger partial charge in [-0.25, -0.2) is 4.39 Å². The molecule has 0 radical (unpaired) electrons. The second-order valence-corrected chi connectivity index (χ2v) is 8.95. The minimum absolute atomic E-state index is 0.122. The van der Waals surface area contributed by atoms with Crippen LogP contribution in [0.15, 0.2) is 71.6 Å². The van der Waals surface area contributed by atoms with Crippen LogP contribution in [-0.4, -0.2) is 21.8 Å². The number of hydrogen-bond donors (Lipinski definition) is 1. The van der Waals surface area contributed by atoms with Gasteiger partial charge >= 0.3 is 0 Å². The van der Waals surface area contributed by atoms with Gasteiger partial charge in [0.2, 0.25) is 5.91 Å². The molecule has 1 aliphatic rings.